The number of hydrogen-bond donors (Lipinski definition) is 0. The summed E-state index contributed by atoms with van der Waals surface area (Å²) in [6.45, 7) is 17.8. The predicted molar refractivity (Wildman–Crippen MR) is 117 cm³/mol. The van der Waals surface area contributed by atoms with Gasteiger partial charge in [-0.1, -0.05) is 92.7 Å². The van der Waals surface area contributed by atoms with E-state index in [2.05, 4.69) is 19.7 Å². The van der Waals surface area contributed by atoms with Crippen molar-refractivity contribution in [2.45, 2.75) is 27.7 Å². The second-order valence-corrected chi connectivity index (χ2v) is 5.13. The van der Waals surface area contributed by atoms with E-state index in [1.54, 1.807) is 6.08 Å². The average Bonchev–Trinajstić information content (AvgIpc) is 2.71. The number of carbonyl (C=O) groups is 1. The van der Waals surface area contributed by atoms with Crippen LogP contribution in [-0.4, -0.2) is 5.78 Å². The van der Waals surface area contributed by atoms with E-state index >= 15 is 0 Å². The molecule has 0 fully saturated rings. The number of benzene rings is 2. The molecule has 26 heavy (non-hydrogen) atoms. The fourth-order valence-electron chi connectivity index (χ4n) is 2.18. The second kappa shape index (κ2) is 13.4. The van der Waals surface area contributed by atoms with Crippen molar-refractivity contribution < 1.29 is 4.79 Å². The highest BCUT2D eigenvalue weighted by Gasteiger charge is 2.01. The Morgan fingerprint density at radius 3 is 1.85 bits per heavy atom. The molecule has 136 valence electrons. The third-order valence-corrected chi connectivity index (χ3v) is 3.54. The van der Waals surface area contributed by atoms with Crippen LogP contribution in [0.2, 0.25) is 0 Å². The lowest BCUT2D eigenvalue weighted by atomic mass is 10.0. The molecule has 2 aromatic carbocycles. The van der Waals surface area contributed by atoms with Crippen LogP contribution < -0.4 is 0 Å². The van der Waals surface area contributed by atoms with Crippen LogP contribution >= 0.6 is 0 Å². The Morgan fingerprint density at radius 2 is 1.38 bits per heavy atom. The first-order chi connectivity index (χ1) is 12.6. The summed E-state index contributed by atoms with van der Waals surface area (Å²) >= 11 is 0. The average molecular weight is 347 g/mol. The number of carbonyl (C=O) groups excluding carboxylic acids is 1. The van der Waals surface area contributed by atoms with E-state index in [0.717, 1.165) is 22.3 Å². The zero-order valence-corrected chi connectivity index (χ0v) is 16.5. The Kier molecular flexibility index (Phi) is 11.9. The molecule has 0 saturated heterocycles. The van der Waals surface area contributed by atoms with Gasteiger partial charge >= 0.3 is 0 Å². The zero-order valence-electron chi connectivity index (χ0n) is 16.5. The SMILES string of the molecule is C=C.C=C/C(=C\C)c1ccc(/C=C/C(=O)c2ccc(C)cc2)cc1.CC. The highest BCUT2D eigenvalue weighted by molar-refractivity contribution is 6.06. The van der Waals surface area contributed by atoms with Crippen molar-refractivity contribution in [1.29, 1.82) is 0 Å². The van der Waals surface area contributed by atoms with Gasteiger partial charge < -0.3 is 0 Å². The summed E-state index contributed by atoms with van der Waals surface area (Å²) in [7, 11) is 0. The summed E-state index contributed by atoms with van der Waals surface area (Å²) in [5.74, 6) is 0.0179. The van der Waals surface area contributed by atoms with Gasteiger partial charge in [0.25, 0.3) is 0 Å². The Hall–Kier alpha value is -2.93. The summed E-state index contributed by atoms with van der Waals surface area (Å²) in [5, 5.41) is 0. The standard InChI is InChI=1S/C21H20O.C2H6.C2H4/c1-4-18(5-2)19-13-8-17(9-14-19)10-15-21(22)20-11-6-16(3)7-12-20;2*1-2/h4-15H,1H2,2-3H3;1-2H3;1-2H2/b15-10+,18-5+;;. The van der Waals surface area contributed by atoms with Gasteiger partial charge in [-0.15, -0.1) is 13.2 Å². The van der Waals surface area contributed by atoms with E-state index in [1.807, 2.05) is 94.5 Å². The normalized spacial score (nSPS) is 10.2. The molecule has 1 heteroatoms. The molecule has 0 aliphatic carbocycles. The van der Waals surface area contributed by atoms with Crippen LogP contribution in [0.4, 0.5) is 0 Å². The minimum atomic E-state index is 0.0179. The van der Waals surface area contributed by atoms with Gasteiger partial charge in [0, 0.05) is 5.56 Å². The lowest BCUT2D eigenvalue weighted by Gasteiger charge is -2.02. The Bertz CT molecular complexity index is 729. The van der Waals surface area contributed by atoms with Gasteiger partial charge in [-0.3, -0.25) is 4.79 Å². The number of ketones is 1. The van der Waals surface area contributed by atoms with Crippen molar-refractivity contribution in [2.24, 2.45) is 0 Å². The number of hydrogen-bond acceptors (Lipinski definition) is 1. The molecule has 0 unspecified atom stereocenters. The van der Waals surface area contributed by atoms with Gasteiger partial charge in [0.2, 0.25) is 0 Å². The molecule has 0 aliphatic rings. The molecule has 0 aliphatic heterocycles. The fourth-order valence-corrected chi connectivity index (χ4v) is 2.18. The molecule has 0 saturated carbocycles. The third kappa shape index (κ3) is 7.31. The van der Waals surface area contributed by atoms with Crippen molar-refractivity contribution in [2.75, 3.05) is 0 Å². The summed E-state index contributed by atoms with van der Waals surface area (Å²) < 4.78 is 0. The minimum Gasteiger partial charge on any atom is -0.289 e. The third-order valence-electron chi connectivity index (χ3n) is 3.54. The highest BCUT2D eigenvalue weighted by atomic mass is 16.1. The monoisotopic (exact) mass is 346 g/mol. The summed E-state index contributed by atoms with van der Waals surface area (Å²) in [5.41, 5.74) is 5.09. The van der Waals surface area contributed by atoms with Gasteiger partial charge in [-0.05, 0) is 36.6 Å². The van der Waals surface area contributed by atoms with Crippen molar-refractivity contribution in [1.82, 2.24) is 0 Å². The van der Waals surface area contributed by atoms with Gasteiger partial charge in [-0.25, -0.2) is 0 Å². The van der Waals surface area contributed by atoms with E-state index in [1.165, 1.54) is 0 Å². The molecular formula is C25H30O. The zero-order chi connectivity index (χ0) is 19.9. The van der Waals surface area contributed by atoms with Crippen LogP contribution in [0.25, 0.3) is 11.6 Å². The van der Waals surface area contributed by atoms with Crippen LogP contribution in [0.3, 0.4) is 0 Å². The summed E-state index contributed by atoms with van der Waals surface area (Å²) in [6.07, 6.45) is 7.32. The van der Waals surface area contributed by atoms with E-state index in [9.17, 15) is 4.79 Å². The maximum absolute atomic E-state index is 12.1. The maximum Gasteiger partial charge on any atom is 0.185 e. The second-order valence-electron chi connectivity index (χ2n) is 5.13. The van der Waals surface area contributed by atoms with Crippen molar-refractivity contribution in [3.63, 3.8) is 0 Å². The largest absolute Gasteiger partial charge is 0.289 e. The van der Waals surface area contributed by atoms with E-state index in [-0.39, 0.29) is 5.78 Å². The first-order valence-electron chi connectivity index (χ1n) is 8.82. The van der Waals surface area contributed by atoms with Crippen molar-refractivity contribution in [3.05, 3.63) is 109 Å². The van der Waals surface area contributed by atoms with Crippen LogP contribution in [0.15, 0.2) is 86.5 Å². The number of allylic oxidation sites excluding steroid dienone is 4. The maximum atomic E-state index is 12.1. The molecule has 2 rings (SSSR count). The topological polar surface area (TPSA) is 17.1 Å². The molecule has 0 aromatic heterocycles. The Balaban J connectivity index is 0.00000146. The van der Waals surface area contributed by atoms with E-state index in [4.69, 9.17) is 0 Å². The molecule has 1 nitrogen and oxygen atoms in total. The van der Waals surface area contributed by atoms with E-state index in [0.29, 0.717) is 5.56 Å². The Morgan fingerprint density at radius 1 is 0.885 bits per heavy atom. The molecular weight excluding hydrogens is 316 g/mol. The van der Waals surface area contributed by atoms with Crippen LogP contribution in [0, 0.1) is 6.92 Å². The first kappa shape index (κ1) is 23.1. The minimum absolute atomic E-state index is 0.0179. The molecule has 0 spiro atoms. The summed E-state index contributed by atoms with van der Waals surface area (Å²) in [4.78, 5) is 12.1. The Labute approximate surface area is 159 Å². The molecule has 0 radical (unpaired) electrons. The number of rotatable bonds is 5. The molecule has 0 amide bonds. The molecule has 0 atom stereocenters. The predicted octanol–water partition coefficient (Wildman–Crippen LogP) is 7.31. The highest BCUT2D eigenvalue weighted by Crippen LogP contribution is 2.16. The van der Waals surface area contributed by atoms with Crippen molar-refractivity contribution >= 4 is 17.4 Å². The van der Waals surface area contributed by atoms with Crippen LogP contribution in [0.1, 0.15) is 47.8 Å². The quantitative estimate of drug-likeness (QED) is 0.240. The first-order valence-corrected chi connectivity index (χ1v) is 8.82. The number of aryl methyl sites for hydroxylation is 1. The fraction of sp³-hybridized carbons (Fsp3) is 0.160. The van der Waals surface area contributed by atoms with Gasteiger partial charge in [-0.2, -0.15) is 0 Å². The molecule has 0 heterocycles. The van der Waals surface area contributed by atoms with Crippen LogP contribution in [0.5, 0.6) is 0 Å². The molecule has 0 N–H and O–H groups in total. The van der Waals surface area contributed by atoms with E-state index < -0.39 is 0 Å². The molecule has 2 aromatic rings. The van der Waals surface area contributed by atoms with Crippen molar-refractivity contribution in [3.8, 4) is 0 Å². The lowest BCUT2D eigenvalue weighted by molar-refractivity contribution is 0.104. The van der Waals surface area contributed by atoms with Gasteiger partial charge in [0.05, 0.1) is 0 Å². The lowest BCUT2D eigenvalue weighted by Crippen LogP contribution is -1.93. The smallest absolute Gasteiger partial charge is 0.185 e. The molecule has 0 bridgehead atoms. The summed E-state index contributed by atoms with van der Waals surface area (Å²) in [6, 6.07) is 15.7. The van der Waals surface area contributed by atoms with Crippen LogP contribution in [-0.2, 0) is 0 Å². The van der Waals surface area contributed by atoms with Gasteiger partial charge in [0.1, 0.15) is 0 Å². The van der Waals surface area contributed by atoms with Gasteiger partial charge in [0.15, 0.2) is 5.78 Å².